The van der Waals surface area contributed by atoms with Gasteiger partial charge in [-0.3, -0.25) is 4.79 Å². The number of carbonyl (C=O) groups is 1. The van der Waals surface area contributed by atoms with E-state index in [0.29, 0.717) is 6.42 Å². The van der Waals surface area contributed by atoms with Crippen LogP contribution in [-0.4, -0.2) is 18.6 Å². The highest BCUT2D eigenvalue weighted by molar-refractivity contribution is 5.88. The van der Waals surface area contributed by atoms with E-state index >= 15 is 0 Å². The van der Waals surface area contributed by atoms with Crippen LogP contribution in [0.4, 0.5) is 5.69 Å². The monoisotopic (exact) mass is 264 g/mol. The van der Waals surface area contributed by atoms with Crippen LogP contribution in [0, 0.1) is 0 Å². The van der Waals surface area contributed by atoms with Crippen molar-refractivity contribution in [3.8, 4) is 5.75 Å². The highest BCUT2D eigenvalue weighted by Crippen LogP contribution is 2.26. The lowest BCUT2D eigenvalue weighted by molar-refractivity contribution is -0.122. The van der Waals surface area contributed by atoms with Crippen molar-refractivity contribution in [3.63, 3.8) is 0 Å². The van der Waals surface area contributed by atoms with Crippen molar-refractivity contribution >= 4 is 11.6 Å². The second-order valence-corrected chi connectivity index (χ2v) is 4.76. The molecule has 0 spiro atoms. The maximum absolute atomic E-state index is 11.8. The molecule has 1 aromatic rings. The Kier molecular flexibility index (Phi) is 5.67. The van der Waals surface area contributed by atoms with Gasteiger partial charge in [-0.05, 0) is 25.0 Å². The summed E-state index contributed by atoms with van der Waals surface area (Å²) in [7, 11) is 1.62. The average molecular weight is 264 g/mol. The SMILES string of the molecule is CCCCC(CC)(Nc1cccc(OC)c1)C(N)=O. The molecule has 106 valence electrons. The van der Waals surface area contributed by atoms with E-state index in [1.54, 1.807) is 7.11 Å². The minimum atomic E-state index is -0.678. The molecule has 19 heavy (non-hydrogen) atoms. The molecular formula is C15H24N2O2. The molecule has 0 saturated heterocycles. The summed E-state index contributed by atoms with van der Waals surface area (Å²) in [5.41, 5.74) is 5.79. The molecule has 0 aliphatic carbocycles. The number of carbonyl (C=O) groups excluding carboxylic acids is 1. The summed E-state index contributed by atoms with van der Waals surface area (Å²) < 4.78 is 5.19. The van der Waals surface area contributed by atoms with Crippen molar-refractivity contribution < 1.29 is 9.53 Å². The third kappa shape index (κ3) is 3.88. The van der Waals surface area contributed by atoms with E-state index in [4.69, 9.17) is 10.5 Å². The highest BCUT2D eigenvalue weighted by Gasteiger charge is 2.33. The highest BCUT2D eigenvalue weighted by atomic mass is 16.5. The Bertz CT molecular complexity index is 420. The predicted octanol–water partition coefficient (Wildman–Crippen LogP) is 2.93. The van der Waals surface area contributed by atoms with Crippen LogP contribution in [0.1, 0.15) is 39.5 Å². The third-order valence-corrected chi connectivity index (χ3v) is 3.49. The van der Waals surface area contributed by atoms with E-state index in [1.165, 1.54) is 0 Å². The van der Waals surface area contributed by atoms with E-state index < -0.39 is 5.54 Å². The fraction of sp³-hybridized carbons (Fsp3) is 0.533. The van der Waals surface area contributed by atoms with Gasteiger partial charge in [0.15, 0.2) is 0 Å². The zero-order valence-corrected chi connectivity index (χ0v) is 12.0. The van der Waals surface area contributed by atoms with Gasteiger partial charge < -0.3 is 15.8 Å². The molecule has 0 heterocycles. The van der Waals surface area contributed by atoms with Crippen LogP contribution in [0.2, 0.25) is 0 Å². The van der Waals surface area contributed by atoms with Crippen molar-refractivity contribution in [1.29, 1.82) is 0 Å². The first-order valence-electron chi connectivity index (χ1n) is 6.80. The fourth-order valence-electron chi connectivity index (χ4n) is 2.14. The van der Waals surface area contributed by atoms with Crippen LogP contribution < -0.4 is 15.8 Å². The van der Waals surface area contributed by atoms with E-state index in [2.05, 4.69) is 12.2 Å². The van der Waals surface area contributed by atoms with Crippen LogP contribution in [0.3, 0.4) is 0 Å². The third-order valence-electron chi connectivity index (χ3n) is 3.49. The molecular weight excluding hydrogens is 240 g/mol. The maximum atomic E-state index is 11.8. The number of anilines is 1. The summed E-state index contributed by atoms with van der Waals surface area (Å²) >= 11 is 0. The Labute approximate surface area is 115 Å². The summed E-state index contributed by atoms with van der Waals surface area (Å²) in [6.45, 7) is 4.08. The number of rotatable bonds is 8. The summed E-state index contributed by atoms with van der Waals surface area (Å²) in [5.74, 6) is 0.459. The quantitative estimate of drug-likeness (QED) is 0.758. The first kappa shape index (κ1) is 15.3. The van der Waals surface area contributed by atoms with E-state index in [-0.39, 0.29) is 5.91 Å². The molecule has 1 amide bonds. The standard InChI is InChI=1S/C15H24N2O2/c1-4-6-10-15(5-2,14(16)18)17-12-8-7-9-13(11-12)19-3/h7-9,11,17H,4-6,10H2,1-3H3,(H2,16,18). The minimum absolute atomic E-state index is 0.300. The smallest absolute Gasteiger partial charge is 0.243 e. The molecule has 0 aliphatic rings. The molecule has 4 nitrogen and oxygen atoms in total. The van der Waals surface area contributed by atoms with Gasteiger partial charge in [-0.2, -0.15) is 0 Å². The molecule has 0 bridgehead atoms. The van der Waals surface area contributed by atoms with Crippen molar-refractivity contribution in [2.75, 3.05) is 12.4 Å². The predicted molar refractivity (Wildman–Crippen MR) is 78.4 cm³/mol. The Morgan fingerprint density at radius 3 is 2.68 bits per heavy atom. The van der Waals surface area contributed by atoms with Gasteiger partial charge in [0.2, 0.25) is 5.91 Å². The first-order valence-corrected chi connectivity index (χ1v) is 6.80. The number of ether oxygens (including phenoxy) is 1. The number of methoxy groups -OCH3 is 1. The van der Waals surface area contributed by atoms with Crippen LogP contribution in [0.25, 0.3) is 0 Å². The van der Waals surface area contributed by atoms with Crippen LogP contribution in [-0.2, 0) is 4.79 Å². The summed E-state index contributed by atoms with van der Waals surface area (Å²) in [6.07, 6.45) is 3.41. The lowest BCUT2D eigenvalue weighted by Gasteiger charge is -2.32. The molecule has 0 aromatic heterocycles. The molecule has 1 aromatic carbocycles. The summed E-state index contributed by atoms with van der Waals surface area (Å²) in [4.78, 5) is 11.8. The molecule has 0 radical (unpaired) electrons. The van der Waals surface area contributed by atoms with Crippen molar-refractivity contribution in [3.05, 3.63) is 24.3 Å². The minimum Gasteiger partial charge on any atom is -0.497 e. The number of benzene rings is 1. The average Bonchev–Trinajstić information content (AvgIpc) is 2.43. The second-order valence-electron chi connectivity index (χ2n) is 4.76. The van der Waals surface area contributed by atoms with Gasteiger partial charge in [-0.25, -0.2) is 0 Å². The van der Waals surface area contributed by atoms with Gasteiger partial charge in [0.1, 0.15) is 11.3 Å². The van der Waals surface area contributed by atoms with E-state index in [1.807, 2.05) is 31.2 Å². The Balaban J connectivity index is 2.95. The van der Waals surface area contributed by atoms with E-state index in [0.717, 1.165) is 30.7 Å². The number of unbranched alkanes of at least 4 members (excludes halogenated alkanes) is 1. The first-order chi connectivity index (χ1) is 9.07. The summed E-state index contributed by atoms with van der Waals surface area (Å²) in [5, 5.41) is 3.30. The molecule has 0 fully saturated rings. The molecule has 4 heteroatoms. The Hall–Kier alpha value is -1.71. The molecule has 1 atom stereocenters. The maximum Gasteiger partial charge on any atom is 0.243 e. The van der Waals surface area contributed by atoms with Gasteiger partial charge in [0, 0.05) is 11.8 Å². The Morgan fingerprint density at radius 1 is 1.42 bits per heavy atom. The number of nitrogens with two attached hydrogens (primary N) is 1. The van der Waals surface area contributed by atoms with E-state index in [9.17, 15) is 4.79 Å². The van der Waals surface area contributed by atoms with Gasteiger partial charge >= 0.3 is 0 Å². The zero-order valence-electron chi connectivity index (χ0n) is 12.0. The van der Waals surface area contributed by atoms with Crippen LogP contribution in [0.5, 0.6) is 5.75 Å². The zero-order chi connectivity index (χ0) is 14.3. The normalized spacial score (nSPS) is 13.6. The second kappa shape index (κ2) is 7.02. The van der Waals surface area contributed by atoms with Crippen molar-refractivity contribution in [2.45, 2.75) is 45.1 Å². The number of amides is 1. The lowest BCUT2D eigenvalue weighted by Crippen LogP contribution is -2.50. The van der Waals surface area contributed by atoms with Gasteiger partial charge in [-0.15, -0.1) is 0 Å². The lowest BCUT2D eigenvalue weighted by atomic mass is 9.88. The fourth-order valence-corrected chi connectivity index (χ4v) is 2.14. The number of nitrogens with one attached hydrogen (secondary N) is 1. The van der Waals surface area contributed by atoms with Gasteiger partial charge in [0.25, 0.3) is 0 Å². The number of primary amides is 1. The number of hydrogen-bond acceptors (Lipinski definition) is 3. The van der Waals surface area contributed by atoms with Gasteiger partial charge in [0.05, 0.1) is 7.11 Å². The van der Waals surface area contributed by atoms with Gasteiger partial charge in [-0.1, -0.05) is 32.8 Å². The number of hydrogen-bond donors (Lipinski definition) is 2. The molecule has 0 saturated carbocycles. The van der Waals surface area contributed by atoms with Crippen molar-refractivity contribution in [2.24, 2.45) is 5.73 Å². The molecule has 0 aliphatic heterocycles. The molecule has 3 N–H and O–H groups in total. The largest absolute Gasteiger partial charge is 0.497 e. The van der Waals surface area contributed by atoms with Crippen LogP contribution >= 0.6 is 0 Å². The molecule has 1 unspecified atom stereocenters. The Morgan fingerprint density at radius 2 is 2.16 bits per heavy atom. The topological polar surface area (TPSA) is 64.3 Å². The van der Waals surface area contributed by atoms with Crippen LogP contribution in [0.15, 0.2) is 24.3 Å². The summed E-state index contributed by atoms with van der Waals surface area (Å²) in [6, 6.07) is 7.55. The molecule has 1 rings (SSSR count). The van der Waals surface area contributed by atoms with Crippen molar-refractivity contribution in [1.82, 2.24) is 0 Å².